The molecule has 0 aliphatic heterocycles. The fraction of sp³-hybridized carbons (Fsp3) is 0.188. The number of hydrogen-bond acceptors (Lipinski definition) is 4. The number of carbonyl (C=O) groups excluding carboxylic acids is 3. The number of primary amides is 1. The minimum Gasteiger partial charge on any atom is -0.366 e. The van der Waals surface area contributed by atoms with Crippen molar-refractivity contribution in [3.05, 3.63) is 56.2 Å². The van der Waals surface area contributed by atoms with Gasteiger partial charge in [0.2, 0.25) is 11.8 Å². The van der Waals surface area contributed by atoms with Crippen LogP contribution in [0.5, 0.6) is 0 Å². The normalized spacial score (nSPS) is 10.2. The summed E-state index contributed by atoms with van der Waals surface area (Å²) in [6.45, 7) is 0.317. The topological polar surface area (TPSA) is 101 Å². The van der Waals surface area contributed by atoms with E-state index in [-0.39, 0.29) is 18.4 Å². The first-order chi connectivity index (χ1) is 11.5. The van der Waals surface area contributed by atoms with Crippen molar-refractivity contribution in [1.82, 2.24) is 10.6 Å². The second kappa shape index (κ2) is 8.60. The highest BCUT2D eigenvalue weighted by molar-refractivity contribution is 9.11. The van der Waals surface area contributed by atoms with Gasteiger partial charge in [0.1, 0.15) is 0 Å². The SMILES string of the molecule is NC(=O)c1cccc(CCNC(=O)CNC(=O)c2ccc(Br)s2)c1. The fourth-order valence-electron chi connectivity index (χ4n) is 1.97. The van der Waals surface area contributed by atoms with Crippen LogP contribution >= 0.6 is 27.3 Å². The van der Waals surface area contributed by atoms with E-state index in [1.165, 1.54) is 11.3 Å². The fourth-order valence-corrected chi connectivity index (χ4v) is 3.28. The molecule has 1 aromatic carbocycles. The Labute approximate surface area is 151 Å². The van der Waals surface area contributed by atoms with Crippen molar-refractivity contribution in [3.8, 4) is 0 Å². The van der Waals surface area contributed by atoms with E-state index >= 15 is 0 Å². The van der Waals surface area contributed by atoms with E-state index in [1.807, 2.05) is 6.07 Å². The second-order valence-electron chi connectivity index (χ2n) is 4.95. The zero-order chi connectivity index (χ0) is 17.5. The highest BCUT2D eigenvalue weighted by atomic mass is 79.9. The van der Waals surface area contributed by atoms with Gasteiger partial charge in [0.05, 0.1) is 15.2 Å². The molecule has 3 amide bonds. The third-order valence-corrected chi connectivity index (χ3v) is 4.78. The second-order valence-corrected chi connectivity index (χ2v) is 7.41. The lowest BCUT2D eigenvalue weighted by Crippen LogP contribution is -2.37. The van der Waals surface area contributed by atoms with Crippen LogP contribution in [0.4, 0.5) is 0 Å². The van der Waals surface area contributed by atoms with Gasteiger partial charge in [0.15, 0.2) is 0 Å². The van der Waals surface area contributed by atoms with Crippen molar-refractivity contribution in [2.45, 2.75) is 6.42 Å². The zero-order valence-electron chi connectivity index (χ0n) is 12.7. The molecule has 0 saturated carbocycles. The van der Waals surface area contributed by atoms with E-state index in [0.29, 0.717) is 23.4 Å². The molecule has 2 aromatic rings. The standard InChI is InChI=1S/C16H16BrN3O3S/c17-13-5-4-12(24-13)16(23)20-9-14(21)19-7-6-10-2-1-3-11(8-10)15(18)22/h1-5,8H,6-7,9H2,(H2,18,22)(H,19,21)(H,20,23). The molecule has 0 unspecified atom stereocenters. The minimum atomic E-state index is -0.483. The maximum atomic E-state index is 11.8. The first-order valence-corrected chi connectivity index (χ1v) is 8.75. The summed E-state index contributed by atoms with van der Waals surface area (Å²) in [5.74, 6) is -1.04. The molecule has 0 radical (unpaired) electrons. The van der Waals surface area contributed by atoms with Gasteiger partial charge in [-0.1, -0.05) is 12.1 Å². The van der Waals surface area contributed by atoms with Crippen molar-refractivity contribution in [1.29, 1.82) is 0 Å². The zero-order valence-corrected chi connectivity index (χ0v) is 15.1. The van der Waals surface area contributed by atoms with Crippen molar-refractivity contribution >= 4 is 45.0 Å². The minimum absolute atomic E-state index is 0.0876. The first-order valence-electron chi connectivity index (χ1n) is 7.14. The number of hydrogen-bond donors (Lipinski definition) is 3. The first kappa shape index (κ1) is 18.2. The Hall–Kier alpha value is -2.19. The molecule has 0 spiro atoms. The van der Waals surface area contributed by atoms with Crippen molar-refractivity contribution < 1.29 is 14.4 Å². The van der Waals surface area contributed by atoms with E-state index in [2.05, 4.69) is 26.6 Å². The maximum absolute atomic E-state index is 11.8. The third-order valence-electron chi connectivity index (χ3n) is 3.15. The molecule has 126 valence electrons. The summed E-state index contributed by atoms with van der Waals surface area (Å²) in [7, 11) is 0. The maximum Gasteiger partial charge on any atom is 0.261 e. The summed E-state index contributed by atoms with van der Waals surface area (Å²) in [5.41, 5.74) is 6.57. The van der Waals surface area contributed by atoms with Crippen molar-refractivity contribution in [2.24, 2.45) is 5.73 Å². The van der Waals surface area contributed by atoms with E-state index in [1.54, 1.807) is 30.3 Å². The van der Waals surface area contributed by atoms with Crippen LogP contribution in [0.1, 0.15) is 25.6 Å². The third kappa shape index (κ3) is 5.47. The molecule has 0 aliphatic rings. The molecule has 8 heteroatoms. The van der Waals surface area contributed by atoms with Gasteiger partial charge in [-0.15, -0.1) is 11.3 Å². The summed E-state index contributed by atoms with van der Waals surface area (Å²) < 4.78 is 0.857. The monoisotopic (exact) mass is 409 g/mol. The van der Waals surface area contributed by atoms with Crippen LogP contribution < -0.4 is 16.4 Å². The number of nitrogens with one attached hydrogen (secondary N) is 2. The molecule has 0 atom stereocenters. The smallest absolute Gasteiger partial charge is 0.261 e. The number of rotatable bonds is 7. The van der Waals surface area contributed by atoms with Gasteiger partial charge in [-0.2, -0.15) is 0 Å². The van der Waals surface area contributed by atoms with Gasteiger partial charge in [0, 0.05) is 12.1 Å². The Kier molecular flexibility index (Phi) is 6.51. The molecule has 0 saturated heterocycles. The van der Waals surface area contributed by atoms with Crippen molar-refractivity contribution in [3.63, 3.8) is 0 Å². The molecule has 0 aliphatic carbocycles. The lowest BCUT2D eigenvalue weighted by atomic mass is 10.1. The molecule has 6 nitrogen and oxygen atoms in total. The molecule has 24 heavy (non-hydrogen) atoms. The van der Waals surface area contributed by atoms with E-state index in [0.717, 1.165) is 9.35 Å². The molecule has 0 fully saturated rings. The van der Waals surface area contributed by atoms with E-state index in [9.17, 15) is 14.4 Å². The lowest BCUT2D eigenvalue weighted by Gasteiger charge is -2.07. The van der Waals surface area contributed by atoms with Gasteiger partial charge in [-0.25, -0.2) is 0 Å². The number of thiophene rings is 1. The van der Waals surface area contributed by atoms with Crippen LogP contribution in [0.15, 0.2) is 40.2 Å². The van der Waals surface area contributed by atoms with Gasteiger partial charge in [0.25, 0.3) is 5.91 Å². The molecular formula is C16H16BrN3O3S. The predicted octanol–water partition coefficient (Wildman–Crippen LogP) is 1.70. The van der Waals surface area contributed by atoms with Crippen molar-refractivity contribution in [2.75, 3.05) is 13.1 Å². The van der Waals surface area contributed by atoms with Gasteiger partial charge in [-0.05, 0) is 52.2 Å². The molecule has 1 heterocycles. The Morgan fingerprint density at radius 1 is 1.12 bits per heavy atom. The predicted molar refractivity (Wildman–Crippen MR) is 96.0 cm³/mol. The summed E-state index contributed by atoms with van der Waals surface area (Å²) in [4.78, 5) is 35.2. The molecule has 1 aromatic heterocycles. The number of amides is 3. The Morgan fingerprint density at radius 2 is 1.92 bits per heavy atom. The Bertz CT molecular complexity index is 761. The Balaban J connectivity index is 1.72. The summed E-state index contributed by atoms with van der Waals surface area (Å²) in [5, 5.41) is 5.28. The molecule has 2 rings (SSSR count). The van der Waals surface area contributed by atoms with Crippen LogP contribution in [0.3, 0.4) is 0 Å². The van der Waals surface area contributed by atoms with E-state index < -0.39 is 5.91 Å². The highest BCUT2D eigenvalue weighted by Gasteiger charge is 2.10. The lowest BCUT2D eigenvalue weighted by molar-refractivity contribution is -0.120. The van der Waals surface area contributed by atoms with E-state index in [4.69, 9.17) is 5.73 Å². The quantitative estimate of drug-likeness (QED) is 0.648. The number of halogens is 1. The average molecular weight is 410 g/mol. The number of carbonyl (C=O) groups is 3. The molecule has 0 bridgehead atoms. The van der Waals surface area contributed by atoms with Crippen LogP contribution in [0.2, 0.25) is 0 Å². The van der Waals surface area contributed by atoms with Gasteiger partial charge < -0.3 is 16.4 Å². The number of nitrogens with two attached hydrogens (primary N) is 1. The summed E-state index contributed by atoms with van der Waals surface area (Å²) in [6, 6.07) is 10.4. The van der Waals surface area contributed by atoms with Crippen LogP contribution in [0, 0.1) is 0 Å². The van der Waals surface area contributed by atoms with Gasteiger partial charge >= 0.3 is 0 Å². The largest absolute Gasteiger partial charge is 0.366 e. The van der Waals surface area contributed by atoms with Crippen LogP contribution in [-0.4, -0.2) is 30.8 Å². The molecule has 4 N–H and O–H groups in total. The number of benzene rings is 1. The molecular weight excluding hydrogens is 394 g/mol. The highest BCUT2D eigenvalue weighted by Crippen LogP contribution is 2.21. The summed E-state index contributed by atoms with van der Waals surface area (Å²) >= 11 is 4.58. The van der Waals surface area contributed by atoms with Gasteiger partial charge in [-0.3, -0.25) is 14.4 Å². The average Bonchev–Trinajstić information content (AvgIpc) is 2.99. The van der Waals surface area contributed by atoms with Crippen LogP contribution in [0.25, 0.3) is 0 Å². The summed E-state index contributed by atoms with van der Waals surface area (Å²) in [6.07, 6.45) is 0.568. The van der Waals surface area contributed by atoms with Crippen LogP contribution in [-0.2, 0) is 11.2 Å². The Morgan fingerprint density at radius 3 is 2.58 bits per heavy atom.